The van der Waals surface area contributed by atoms with Gasteiger partial charge in [0, 0.05) is 28.9 Å². The Morgan fingerprint density at radius 3 is 2.94 bits per heavy atom. The number of aromatic amines is 1. The molecule has 0 aliphatic rings. The van der Waals surface area contributed by atoms with Gasteiger partial charge in [-0.2, -0.15) is 0 Å². The molecule has 3 heteroatoms. The number of nitrogens with zero attached hydrogens (tertiary/aromatic N) is 1. The minimum absolute atomic E-state index is 0.751. The second-order valence-corrected chi connectivity index (χ2v) is 3.98. The molecule has 0 saturated heterocycles. The maximum absolute atomic E-state index is 5.38. The third-order valence-electron chi connectivity index (χ3n) is 2.95. The molecule has 0 radical (unpaired) electrons. The van der Waals surface area contributed by atoms with Gasteiger partial charge in [-0.15, -0.1) is 0 Å². The number of rotatable bonds is 2. The lowest BCUT2D eigenvalue weighted by atomic mass is 10.1. The highest BCUT2D eigenvalue weighted by atomic mass is 14.8. The number of H-pyrrole nitrogens is 1. The average molecular weight is 223 g/mol. The van der Waals surface area contributed by atoms with Gasteiger partial charge in [-0.3, -0.25) is 4.98 Å². The van der Waals surface area contributed by atoms with Crippen molar-refractivity contribution >= 4 is 21.8 Å². The molecule has 3 nitrogen and oxygen atoms in total. The van der Waals surface area contributed by atoms with Crippen molar-refractivity contribution in [2.75, 3.05) is 0 Å². The Morgan fingerprint density at radius 1 is 1.18 bits per heavy atom. The Kier molecular flexibility index (Phi) is 2.29. The molecule has 0 saturated carbocycles. The highest BCUT2D eigenvalue weighted by Crippen LogP contribution is 2.26. The molecule has 3 N–H and O–H groups in total. The largest absolute Gasteiger partial charge is 0.405 e. The molecule has 84 valence electrons. The average Bonchev–Trinajstić information content (AvgIpc) is 2.75. The van der Waals surface area contributed by atoms with Gasteiger partial charge < -0.3 is 10.7 Å². The van der Waals surface area contributed by atoms with E-state index in [2.05, 4.69) is 28.2 Å². The summed E-state index contributed by atoms with van der Waals surface area (Å²) in [5.74, 6) is 0. The van der Waals surface area contributed by atoms with Crippen LogP contribution in [0, 0.1) is 0 Å². The van der Waals surface area contributed by atoms with Crippen LogP contribution in [0.4, 0.5) is 0 Å². The summed E-state index contributed by atoms with van der Waals surface area (Å²) in [5, 5.41) is 2.46. The smallest absolute Gasteiger partial charge is 0.0687 e. The summed E-state index contributed by atoms with van der Waals surface area (Å²) in [6.07, 6.45) is 6.07. The molecule has 3 aromatic rings. The van der Waals surface area contributed by atoms with E-state index < -0.39 is 0 Å². The maximum Gasteiger partial charge on any atom is 0.0687 e. The fourth-order valence-electron chi connectivity index (χ4n) is 2.17. The standard InChI is InChI=1S/C14H13N3/c15-8-3-6-13-14-11(7-9-16-13)10-4-1-2-5-12(10)17-14/h1-5,7-9,17H,6,15H2. The number of nitrogens with two attached hydrogens (primary N) is 1. The van der Waals surface area contributed by atoms with Crippen molar-refractivity contribution in [3.63, 3.8) is 0 Å². The van der Waals surface area contributed by atoms with Crippen LogP contribution in [0.15, 0.2) is 48.8 Å². The summed E-state index contributed by atoms with van der Waals surface area (Å²) in [4.78, 5) is 7.82. The topological polar surface area (TPSA) is 54.7 Å². The van der Waals surface area contributed by atoms with Gasteiger partial charge in [0.05, 0.1) is 11.2 Å². The van der Waals surface area contributed by atoms with Gasteiger partial charge in [0.2, 0.25) is 0 Å². The molecule has 0 aliphatic heterocycles. The van der Waals surface area contributed by atoms with E-state index in [4.69, 9.17) is 5.73 Å². The van der Waals surface area contributed by atoms with E-state index >= 15 is 0 Å². The summed E-state index contributed by atoms with van der Waals surface area (Å²) in [7, 11) is 0. The third-order valence-corrected chi connectivity index (χ3v) is 2.95. The highest BCUT2D eigenvalue weighted by Gasteiger charge is 2.07. The number of hydrogen-bond donors (Lipinski definition) is 2. The number of nitrogens with one attached hydrogen (secondary N) is 1. The number of benzene rings is 1. The number of pyridine rings is 1. The minimum Gasteiger partial charge on any atom is -0.405 e. The summed E-state index contributed by atoms with van der Waals surface area (Å²) >= 11 is 0. The minimum atomic E-state index is 0.751. The fraction of sp³-hybridized carbons (Fsp3) is 0.0714. The van der Waals surface area contributed by atoms with E-state index in [0.717, 1.165) is 23.1 Å². The number of fused-ring (bicyclic) bond motifs is 3. The fourth-order valence-corrected chi connectivity index (χ4v) is 2.17. The van der Waals surface area contributed by atoms with Gasteiger partial charge in [-0.1, -0.05) is 24.3 Å². The van der Waals surface area contributed by atoms with Crippen LogP contribution in [-0.4, -0.2) is 9.97 Å². The predicted molar refractivity (Wildman–Crippen MR) is 70.6 cm³/mol. The maximum atomic E-state index is 5.38. The van der Waals surface area contributed by atoms with Crippen molar-refractivity contribution < 1.29 is 0 Å². The molecular weight excluding hydrogens is 210 g/mol. The van der Waals surface area contributed by atoms with Crippen molar-refractivity contribution in [1.29, 1.82) is 0 Å². The predicted octanol–water partition coefficient (Wildman–Crippen LogP) is 2.73. The molecule has 1 aromatic carbocycles. The number of hydrogen-bond acceptors (Lipinski definition) is 2. The molecule has 0 fully saturated rings. The zero-order chi connectivity index (χ0) is 11.7. The summed E-state index contributed by atoms with van der Waals surface area (Å²) in [6, 6.07) is 10.3. The lowest BCUT2D eigenvalue weighted by Gasteiger charge is -1.97. The molecule has 0 amide bonds. The Hall–Kier alpha value is -2.29. The van der Waals surface area contributed by atoms with Gasteiger partial charge in [-0.05, 0) is 18.3 Å². The Balaban J connectivity index is 2.31. The second-order valence-electron chi connectivity index (χ2n) is 3.98. The van der Waals surface area contributed by atoms with Crippen molar-refractivity contribution in [3.05, 3.63) is 54.5 Å². The summed E-state index contributed by atoms with van der Waals surface area (Å²) < 4.78 is 0. The van der Waals surface area contributed by atoms with Crippen molar-refractivity contribution in [2.24, 2.45) is 5.73 Å². The van der Waals surface area contributed by atoms with E-state index in [-0.39, 0.29) is 0 Å². The Morgan fingerprint density at radius 2 is 2.06 bits per heavy atom. The molecule has 2 aromatic heterocycles. The molecule has 0 aliphatic carbocycles. The zero-order valence-electron chi connectivity index (χ0n) is 9.35. The van der Waals surface area contributed by atoms with Crippen LogP contribution >= 0.6 is 0 Å². The van der Waals surface area contributed by atoms with Crippen molar-refractivity contribution in [1.82, 2.24) is 9.97 Å². The van der Waals surface area contributed by atoms with E-state index in [0.29, 0.717) is 0 Å². The molecule has 17 heavy (non-hydrogen) atoms. The lowest BCUT2D eigenvalue weighted by Crippen LogP contribution is -1.89. The normalized spacial score (nSPS) is 11.8. The summed E-state index contributed by atoms with van der Waals surface area (Å²) in [6.45, 7) is 0. The van der Waals surface area contributed by atoms with E-state index in [9.17, 15) is 0 Å². The Labute approximate surface area is 99.0 Å². The molecule has 0 atom stereocenters. The first kappa shape index (κ1) is 9.90. The van der Waals surface area contributed by atoms with Crippen LogP contribution in [0.2, 0.25) is 0 Å². The Bertz CT molecular complexity index is 695. The van der Waals surface area contributed by atoms with Crippen LogP contribution < -0.4 is 5.73 Å². The molecule has 2 heterocycles. The van der Waals surface area contributed by atoms with Crippen LogP contribution in [-0.2, 0) is 6.42 Å². The second kappa shape index (κ2) is 3.94. The van der Waals surface area contributed by atoms with E-state index in [1.54, 1.807) is 6.20 Å². The van der Waals surface area contributed by atoms with Gasteiger partial charge in [-0.25, -0.2) is 0 Å². The van der Waals surface area contributed by atoms with Gasteiger partial charge in [0.1, 0.15) is 0 Å². The quantitative estimate of drug-likeness (QED) is 0.701. The highest BCUT2D eigenvalue weighted by molar-refractivity contribution is 6.07. The molecule has 3 rings (SSSR count). The first-order valence-electron chi connectivity index (χ1n) is 5.61. The lowest BCUT2D eigenvalue weighted by molar-refractivity contribution is 1.12. The van der Waals surface area contributed by atoms with E-state index in [1.165, 1.54) is 10.8 Å². The van der Waals surface area contributed by atoms with Crippen LogP contribution in [0.3, 0.4) is 0 Å². The molecular formula is C14H13N3. The first-order chi connectivity index (χ1) is 8.40. The van der Waals surface area contributed by atoms with E-state index in [1.807, 2.05) is 24.4 Å². The van der Waals surface area contributed by atoms with Gasteiger partial charge in [0.25, 0.3) is 0 Å². The monoisotopic (exact) mass is 223 g/mol. The molecule has 0 unspecified atom stereocenters. The molecule has 0 spiro atoms. The van der Waals surface area contributed by atoms with Crippen LogP contribution in [0.25, 0.3) is 21.8 Å². The van der Waals surface area contributed by atoms with Gasteiger partial charge in [0.15, 0.2) is 0 Å². The van der Waals surface area contributed by atoms with Crippen LogP contribution in [0.5, 0.6) is 0 Å². The number of para-hydroxylation sites is 1. The zero-order valence-corrected chi connectivity index (χ0v) is 9.35. The number of aromatic nitrogens is 2. The SMILES string of the molecule is NC=CCc1nccc2c1[nH]c1ccccc12. The van der Waals surface area contributed by atoms with Crippen molar-refractivity contribution in [2.45, 2.75) is 6.42 Å². The third kappa shape index (κ3) is 1.56. The molecule has 0 bridgehead atoms. The summed E-state index contributed by atoms with van der Waals surface area (Å²) in [5.41, 5.74) is 8.66. The first-order valence-corrected chi connectivity index (χ1v) is 5.61. The number of allylic oxidation sites excluding steroid dienone is 1. The van der Waals surface area contributed by atoms with Crippen LogP contribution in [0.1, 0.15) is 5.69 Å². The van der Waals surface area contributed by atoms with Gasteiger partial charge >= 0.3 is 0 Å². The van der Waals surface area contributed by atoms with Crippen molar-refractivity contribution in [3.8, 4) is 0 Å².